The standard InChI is InChI=1S/C20H28O3Se/c1-13(2)16-10-9-14(3)11-17(16)22-19-12-18(20(21)23-19)24-15-7-5-4-6-8-15/h4-8,13-14,16-19H,9-12H2,1-3H3/t14-,16+,17-,18+,19-/m1/s1. The van der Waals surface area contributed by atoms with Crippen molar-refractivity contribution in [2.24, 2.45) is 17.8 Å². The van der Waals surface area contributed by atoms with E-state index in [1.165, 1.54) is 17.3 Å². The van der Waals surface area contributed by atoms with E-state index in [4.69, 9.17) is 9.47 Å². The molecule has 1 aromatic carbocycles. The van der Waals surface area contributed by atoms with Gasteiger partial charge >= 0.3 is 151 Å². The predicted molar refractivity (Wildman–Crippen MR) is 96.3 cm³/mol. The van der Waals surface area contributed by atoms with E-state index in [2.05, 4.69) is 32.9 Å². The summed E-state index contributed by atoms with van der Waals surface area (Å²) in [6.07, 6.45) is 4.20. The molecule has 0 bridgehead atoms. The number of esters is 1. The van der Waals surface area contributed by atoms with Crippen LogP contribution < -0.4 is 4.46 Å². The molecule has 3 nitrogen and oxygen atoms in total. The Hall–Kier alpha value is -0.831. The fourth-order valence-electron chi connectivity index (χ4n) is 3.83. The Kier molecular flexibility index (Phi) is 6.02. The van der Waals surface area contributed by atoms with Gasteiger partial charge in [0.1, 0.15) is 0 Å². The van der Waals surface area contributed by atoms with E-state index in [9.17, 15) is 4.79 Å². The third-order valence-electron chi connectivity index (χ3n) is 5.23. The zero-order chi connectivity index (χ0) is 17.1. The molecule has 4 heteroatoms. The first-order valence-corrected chi connectivity index (χ1v) is 10.9. The number of benzene rings is 1. The summed E-state index contributed by atoms with van der Waals surface area (Å²) in [5.41, 5.74) is 0. The zero-order valence-electron chi connectivity index (χ0n) is 14.8. The van der Waals surface area contributed by atoms with Crippen molar-refractivity contribution in [3.8, 4) is 0 Å². The van der Waals surface area contributed by atoms with Crippen LogP contribution in [0.5, 0.6) is 0 Å². The third kappa shape index (κ3) is 4.41. The first-order valence-electron chi connectivity index (χ1n) is 9.10. The van der Waals surface area contributed by atoms with Crippen molar-refractivity contribution in [1.29, 1.82) is 0 Å². The van der Waals surface area contributed by atoms with Gasteiger partial charge in [0.15, 0.2) is 0 Å². The van der Waals surface area contributed by atoms with Gasteiger partial charge in [0.25, 0.3) is 0 Å². The number of ether oxygens (including phenoxy) is 2. The van der Waals surface area contributed by atoms with Gasteiger partial charge in [-0.25, -0.2) is 0 Å². The van der Waals surface area contributed by atoms with E-state index in [0.29, 0.717) is 24.2 Å². The van der Waals surface area contributed by atoms with Crippen LogP contribution in [-0.2, 0) is 14.3 Å². The van der Waals surface area contributed by atoms with Gasteiger partial charge in [-0.1, -0.05) is 0 Å². The average molecular weight is 395 g/mol. The van der Waals surface area contributed by atoms with Crippen LogP contribution in [0.15, 0.2) is 30.3 Å². The van der Waals surface area contributed by atoms with Crippen LogP contribution in [0.3, 0.4) is 0 Å². The molecule has 1 heterocycles. The molecule has 1 saturated carbocycles. The summed E-state index contributed by atoms with van der Waals surface area (Å²) in [6.45, 7) is 6.85. The van der Waals surface area contributed by atoms with Crippen molar-refractivity contribution in [2.45, 2.75) is 63.7 Å². The number of hydrogen-bond acceptors (Lipinski definition) is 3. The average Bonchev–Trinajstić information content (AvgIpc) is 2.87. The monoisotopic (exact) mass is 396 g/mol. The van der Waals surface area contributed by atoms with Crippen molar-refractivity contribution in [3.63, 3.8) is 0 Å². The summed E-state index contributed by atoms with van der Waals surface area (Å²) in [4.78, 5) is 12.2. The molecular weight excluding hydrogens is 367 g/mol. The Morgan fingerprint density at radius 2 is 1.92 bits per heavy atom. The minimum atomic E-state index is -0.343. The van der Waals surface area contributed by atoms with E-state index in [0.717, 1.165) is 6.42 Å². The molecule has 0 aromatic heterocycles. The van der Waals surface area contributed by atoms with E-state index in [1.807, 2.05) is 18.2 Å². The molecular formula is C20H28O3Se. The Bertz CT molecular complexity index is 545. The van der Waals surface area contributed by atoms with Crippen LogP contribution in [0, 0.1) is 17.8 Å². The number of cyclic esters (lactones) is 1. The molecule has 0 radical (unpaired) electrons. The Morgan fingerprint density at radius 1 is 1.17 bits per heavy atom. The topological polar surface area (TPSA) is 35.5 Å². The first-order chi connectivity index (χ1) is 11.5. The van der Waals surface area contributed by atoms with Crippen LogP contribution in [0.2, 0.25) is 4.82 Å². The van der Waals surface area contributed by atoms with Crippen molar-refractivity contribution in [3.05, 3.63) is 30.3 Å². The molecule has 5 atom stereocenters. The Balaban J connectivity index is 1.58. The van der Waals surface area contributed by atoms with E-state index < -0.39 is 0 Å². The Labute approximate surface area is 151 Å². The zero-order valence-corrected chi connectivity index (χ0v) is 16.5. The van der Waals surface area contributed by atoms with Gasteiger partial charge in [-0.15, -0.1) is 0 Å². The molecule has 1 aliphatic carbocycles. The molecule has 0 N–H and O–H groups in total. The van der Waals surface area contributed by atoms with Crippen LogP contribution in [0.25, 0.3) is 0 Å². The summed E-state index contributed by atoms with van der Waals surface area (Å²) in [7, 11) is 0. The molecule has 2 fully saturated rings. The SMILES string of the molecule is CC(C)[C@@H]1CC[C@@H](C)C[C@H]1O[C@H]1C[C@H]([Se]c2ccccc2)C(=O)O1. The molecule has 3 rings (SSSR count). The second-order valence-electron chi connectivity index (χ2n) is 7.52. The maximum atomic E-state index is 12.2. The van der Waals surface area contributed by atoms with E-state index in [1.54, 1.807) is 0 Å². The van der Waals surface area contributed by atoms with Gasteiger partial charge in [-0.2, -0.15) is 0 Å². The fraction of sp³-hybridized carbons (Fsp3) is 0.650. The van der Waals surface area contributed by atoms with Gasteiger partial charge in [0, 0.05) is 0 Å². The van der Waals surface area contributed by atoms with Gasteiger partial charge < -0.3 is 0 Å². The summed E-state index contributed by atoms with van der Waals surface area (Å²) >= 11 is 0.119. The molecule has 0 unspecified atom stereocenters. The molecule has 1 aromatic rings. The van der Waals surface area contributed by atoms with E-state index >= 15 is 0 Å². The molecule has 0 amide bonds. The van der Waals surface area contributed by atoms with E-state index in [-0.39, 0.29) is 38.1 Å². The number of rotatable bonds is 5. The first kappa shape index (κ1) is 18.0. The molecule has 2 aliphatic rings. The Morgan fingerprint density at radius 3 is 2.62 bits per heavy atom. The normalized spacial score (nSPS) is 33.7. The van der Waals surface area contributed by atoms with Crippen molar-refractivity contribution >= 4 is 25.4 Å². The number of hydrogen-bond donors (Lipinski definition) is 0. The van der Waals surface area contributed by atoms with Crippen LogP contribution in [0.1, 0.15) is 46.5 Å². The predicted octanol–water partition coefficient (Wildman–Crippen LogP) is 3.56. The van der Waals surface area contributed by atoms with Crippen molar-refractivity contribution in [1.82, 2.24) is 0 Å². The summed E-state index contributed by atoms with van der Waals surface area (Å²) in [5.74, 6) is 1.82. The second kappa shape index (κ2) is 8.03. The third-order valence-corrected chi connectivity index (χ3v) is 7.77. The second-order valence-corrected chi connectivity index (χ2v) is 10.2. The van der Waals surface area contributed by atoms with Gasteiger partial charge in [0.2, 0.25) is 0 Å². The van der Waals surface area contributed by atoms with Gasteiger partial charge in [-0.05, 0) is 0 Å². The summed E-state index contributed by atoms with van der Waals surface area (Å²) in [6, 6.07) is 10.3. The van der Waals surface area contributed by atoms with Crippen LogP contribution in [0.4, 0.5) is 0 Å². The molecule has 1 aliphatic heterocycles. The number of carbonyl (C=O) groups excluding carboxylic acids is 1. The van der Waals surface area contributed by atoms with Gasteiger partial charge in [-0.3, -0.25) is 0 Å². The molecule has 24 heavy (non-hydrogen) atoms. The molecule has 1 saturated heterocycles. The minimum absolute atomic E-state index is 0.0107. The number of carbonyl (C=O) groups is 1. The van der Waals surface area contributed by atoms with Crippen molar-refractivity contribution < 1.29 is 14.3 Å². The quantitative estimate of drug-likeness (QED) is 0.565. The maximum absolute atomic E-state index is 12.2. The van der Waals surface area contributed by atoms with Crippen molar-refractivity contribution in [2.75, 3.05) is 0 Å². The summed E-state index contributed by atoms with van der Waals surface area (Å²) in [5, 5.41) is 0. The van der Waals surface area contributed by atoms with Crippen LogP contribution in [-0.4, -0.2) is 33.3 Å². The molecule has 0 spiro atoms. The fourth-order valence-corrected chi connectivity index (χ4v) is 6.03. The van der Waals surface area contributed by atoms with Gasteiger partial charge in [0.05, 0.1) is 0 Å². The molecule has 132 valence electrons. The summed E-state index contributed by atoms with van der Waals surface area (Å²) < 4.78 is 13.1. The van der Waals surface area contributed by atoms with Crippen LogP contribution >= 0.6 is 0 Å².